The number of aryl methyl sites for hydroxylation is 2. The third kappa shape index (κ3) is 4.27. The summed E-state index contributed by atoms with van der Waals surface area (Å²) >= 11 is 0. The van der Waals surface area contributed by atoms with Crippen molar-refractivity contribution in [1.82, 2.24) is 25.9 Å². The van der Waals surface area contributed by atoms with Crippen LogP contribution in [0.4, 0.5) is 13.2 Å². The van der Waals surface area contributed by atoms with E-state index < -0.39 is 18.1 Å². The first-order valence-electron chi connectivity index (χ1n) is 10.8. The van der Waals surface area contributed by atoms with Crippen LogP contribution < -0.4 is 5.32 Å². The van der Waals surface area contributed by atoms with Crippen molar-refractivity contribution < 1.29 is 18.0 Å². The van der Waals surface area contributed by atoms with Crippen molar-refractivity contribution in [2.75, 3.05) is 0 Å². The van der Waals surface area contributed by atoms with Crippen molar-refractivity contribution in [3.05, 3.63) is 76.1 Å². The topological polar surface area (TPSA) is 83.6 Å². The molecule has 33 heavy (non-hydrogen) atoms. The Balaban J connectivity index is 1.49. The minimum atomic E-state index is -4.18. The first-order valence-corrected chi connectivity index (χ1v) is 10.8. The molecule has 0 fully saturated rings. The van der Waals surface area contributed by atoms with Crippen LogP contribution in [0.2, 0.25) is 0 Å². The van der Waals surface area contributed by atoms with Crippen LogP contribution in [0.3, 0.4) is 0 Å². The highest BCUT2D eigenvalue weighted by Crippen LogP contribution is 2.43. The Kier molecular flexibility index (Phi) is 5.07. The predicted molar refractivity (Wildman–Crippen MR) is 116 cm³/mol. The fourth-order valence-corrected chi connectivity index (χ4v) is 4.88. The maximum absolute atomic E-state index is 13.3. The lowest BCUT2D eigenvalue weighted by molar-refractivity contribution is -0.134. The van der Waals surface area contributed by atoms with Gasteiger partial charge >= 0.3 is 6.18 Å². The zero-order valence-electron chi connectivity index (χ0n) is 18.0. The Bertz CT molecular complexity index is 1230. The molecule has 2 heterocycles. The van der Waals surface area contributed by atoms with Gasteiger partial charge < -0.3 is 5.32 Å². The molecule has 5 rings (SSSR count). The number of nitrogens with one attached hydrogen (secondary N) is 2. The number of aromatic nitrogens is 4. The summed E-state index contributed by atoms with van der Waals surface area (Å²) in [5, 5.41) is 17.2. The van der Waals surface area contributed by atoms with E-state index in [2.05, 4.69) is 25.9 Å². The molecule has 2 N–H and O–H groups in total. The van der Waals surface area contributed by atoms with Gasteiger partial charge in [-0.15, -0.1) is 10.2 Å². The maximum Gasteiger partial charge on any atom is 0.389 e. The first kappa shape index (κ1) is 21.4. The third-order valence-electron chi connectivity index (χ3n) is 6.42. The molecule has 0 radical (unpaired) electrons. The molecule has 1 spiro atoms. The highest BCUT2D eigenvalue weighted by atomic mass is 19.4. The van der Waals surface area contributed by atoms with Crippen LogP contribution in [-0.4, -0.2) is 38.2 Å². The largest absolute Gasteiger partial charge is 0.389 e. The van der Waals surface area contributed by atoms with E-state index >= 15 is 0 Å². The number of alkyl halides is 3. The van der Waals surface area contributed by atoms with E-state index in [9.17, 15) is 18.0 Å². The number of rotatable bonds is 4. The molecular weight excluding hydrogens is 431 g/mol. The average molecular weight is 453 g/mol. The second-order valence-electron chi connectivity index (χ2n) is 8.94. The standard InChI is InChI=1S/C24H22F3N5O/c1-14-2-5-16(6-3-14)19-13-23(28-22(33)20(19)21-29-31-32-30-21)11-17-7-4-15(10-18(17)12-23)8-9-24(25,26)27/h2-7,10H,8-9,11-13H2,1H3,(H,28,33)(H,29,30,31,32). The average Bonchev–Trinajstić information content (AvgIpc) is 3.39. The minimum Gasteiger partial charge on any atom is -0.345 e. The second-order valence-corrected chi connectivity index (χ2v) is 8.94. The normalized spacial score (nSPS) is 20.3. The Hall–Kier alpha value is -3.49. The molecule has 1 unspecified atom stereocenters. The Labute approximate surface area is 188 Å². The Morgan fingerprint density at radius 1 is 1.03 bits per heavy atom. The van der Waals surface area contributed by atoms with Crippen LogP contribution in [0.1, 0.15) is 46.5 Å². The second kappa shape index (κ2) is 7.83. The summed E-state index contributed by atoms with van der Waals surface area (Å²) in [5.41, 5.74) is 5.40. The fraction of sp³-hybridized carbons (Fsp3) is 0.333. The molecule has 1 aliphatic heterocycles. The van der Waals surface area contributed by atoms with Crippen molar-refractivity contribution in [1.29, 1.82) is 0 Å². The van der Waals surface area contributed by atoms with Gasteiger partial charge in [-0.1, -0.05) is 48.0 Å². The molecule has 0 bridgehead atoms. The van der Waals surface area contributed by atoms with Gasteiger partial charge in [0.15, 0.2) is 0 Å². The van der Waals surface area contributed by atoms with E-state index in [-0.39, 0.29) is 18.2 Å². The first-order chi connectivity index (χ1) is 15.7. The molecule has 1 atom stereocenters. The van der Waals surface area contributed by atoms with Gasteiger partial charge in [0.1, 0.15) is 0 Å². The number of benzene rings is 2. The number of halogens is 3. The molecule has 170 valence electrons. The Morgan fingerprint density at radius 2 is 1.79 bits per heavy atom. The smallest absolute Gasteiger partial charge is 0.345 e. The molecule has 3 aromatic rings. The number of amides is 1. The number of carbonyl (C=O) groups is 1. The lowest BCUT2D eigenvalue weighted by Gasteiger charge is -2.36. The number of fused-ring (bicyclic) bond motifs is 1. The zero-order valence-corrected chi connectivity index (χ0v) is 18.0. The molecule has 0 saturated carbocycles. The molecule has 2 aromatic carbocycles. The molecule has 9 heteroatoms. The van der Waals surface area contributed by atoms with Crippen LogP contribution >= 0.6 is 0 Å². The molecule has 2 aliphatic rings. The van der Waals surface area contributed by atoms with Crippen molar-refractivity contribution in [2.45, 2.75) is 50.7 Å². The summed E-state index contributed by atoms with van der Waals surface area (Å²) in [6, 6.07) is 13.5. The highest BCUT2D eigenvalue weighted by molar-refractivity contribution is 6.27. The molecule has 0 saturated heterocycles. The monoisotopic (exact) mass is 453 g/mol. The van der Waals surface area contributed by atoms with Gasteiger partial charge in [0.2, 0.25) is 5.82 Å². The van der Waals surface area contributed by atoms with Crippen molar-refractivity contribution in [2.24, 2.45) is 0 Å². The van der Waals surface area contributed by atoms with E-state index in [1.54, 1.807) is 6.07 Å². The summed E-state index contributed by atoms with van der Waals surface area (Å²) in [5.74, 6) is -0.0359. The number of hydrogen-bond donors (Lipinski definition) is 2. The summed E-state index contributed by atoms with van der Waals surface area (Å²) < 4.78 is 38.0. The van der Waals surface area contributed by atoms with Gasteiger partial charge in [-0.05, 0) is 65.6 Å². The molecule has 1 aromatic heterocycles. The van der Waals surface area contributed by atoms with Crippen LogP contribution in [-0.2, 0) is 24.1 Å². The van der Waals surface area contributed by atoms with Gasteiger partial charge in [0, 0.05) is 6.42 Å². The maximum atomic E-state index is 13.3. The van der Waals surface area contributed by atoms with Gasteiger partial charge in [0.25, 0.3) is 5.91 Å². The molecule has 6 nitrogen and oxygen atoms in total. The predicted octanol–water partition coefficient (Wildman–Crippen LogP) is 3.97. The zero-order chi connectivity index (χ0) is 23.2. The lowest BCUT2D eigenvalue weighted by atomic mass is 9.79. The summed E-state index contributed by atoms with van der Waals surface area (Å²) in [7, 11) is 0. The Morgan fingerprint density at radius 3 is 2.48 bits per heavy atom. The van der Waals surface area contributed by atoms with E-state index in [1.807, 2.05) is 43.3 Å². The number of aromatic amines is 1. The van der Waals surface area contributed by atoms with Gasteiger partial charge in [-0.3, -0.25) is 4.79 Å². The number of H-pyrrole nitrogens is 1. The van der Waals surface area contributed by atoms with Gasteiger partial charge in [-0.25, -0.2) is 0 Å². The molecule has 1 aliphatic carbocycles. The van der Waals surface area contributed by atoms with Gasteiger partial charge in [0.05, 0.1) is 11.1 Å². The minimum absolute atomic E-state index is 0.0490. The van der Waals surface area contributed by atoms with Crippen LogP contribution in [0.25, 0.3) is 11.1 Å². The highest BCUT2D eigenvalue weighted by Gasteiger charge is 2.45. The number of carbonyl (C=O) groups excluding carboxylic acids is 1. The quantitative estimate of drug-likeness (QED) is 0.626. The summed E-state index contributed by atoms with van der Waals surface area (Å²) in [4.78, 5) is 13.3. The van der Waals surface area contributed by atoms with Crippen LogP contribution in [0, 0.1) is 6.92 Å². The van der Waals surface area contributed by atoms with Crippen molar-refractivity contribution in [3.8, 4) is 0 Å². The number of nitrogens with zero attached hydrogens (tertiary/aromatic N) is 3. The van der Waals surface area contributed by atoms with E-state index in [1.165, 1.54) is 0 Å². The van der Waals surface area contributed by atoms with Crippen LogP contribution in [0.5, 0.6) is 0 Å². The molecular formula is C24H22F3N5O. The molecule has 1 amide bonds. The van der Waals surface area contributed by atoms with E-state index in [0.717, 1.165) is 27.8 Å². The lowest BCUT2D eigenvalue weighted by Crippen LogP contribution is -2.52. The number of hydrogen-bond acceptors (Lipinski definition) is 4. The summed E-state index contributed by atoms with van der Waals surface area (Å²) in [6.45, 7) is 2.00. The number of tetrazole rings is 1. The summed E-state index contributed by atoms with van der Waals surface area (Å²) in [6.07, 6.45) is -3.35. The fourth-order valence-electron chi connectivity index (χ4n) is 4.88. The van der Waals surface area contributed by atoms with Crippen molar-refractivity contribution in [3.63, 3.8) is 0 Å². The van der Waals surface area contributed by atoms with Crippen molar-refractivity contribution >= 4 is 17.1 Å². The third-order valence-corrected chi connectivity index (χ3v) is 6.42. The van der Waals surface area contributed by atoms with Crippen LogP contribution in [0.15, 0.2) is 42.5 Å². The van der Waals surface area contributed by atoms with E-state index in [4.69, 9.17) is 0 Å². The SMILES string of the molecule is Cc1ccc(C2=C(c3nn[nH]n3)C(=O)NC3(C2)Cc2ccc(CCC(F)(F)F)cc2C3)cc1. The van der Waals surface area contributed by atoms with E-state index in [0.29, 0.717) is 30.4 Å². The van der Waals surface area contributed by atoms with Gasteiger partial charge in [-0.2, -0.15) is 18.4 Å².